The molecule has 2 aromatic carbocycles. The van der Waals surface area contributed by atoms with Crippen LogP contribution in [0, 0.1) is 10.6 Å². The predicted molar refractivity (Wildman–Crippen MR) is 73.4 cm³/mol. The molecule has 0 aliphatic heterocycles. The van der Waals surface area contributed by atoms with Crippen LogP contribution in [0.15, 0.2) is 42.5 Å². The Hall–Kier alpha value is -1.65. The molecule has 1 aromatic heterocycles. The molecule has 18 heavy (non-hydrogen) atoms. The number of hydrogen-bond donors (Lipinski definition) is 1. The van der Waals surface area contributed by atoms with E-state index < -0.39 is 0 Å². The third-order valence-electron chi connectivity index (χ3n) is 2.75. The number of aromatic amines is 1. The topological polar surface area (TPSA) is 20.7 Å². The van der Waals surface area contributed by atoms with Crippen molar-refractivity contribution in [3.8, 4) is 5.69 Å². The number of nitrogens with one attached hydrogen (secondary N) is 1. The van der Waals surface area contributed by atoms with Crippen LogP contribution >= 0.6 is 23.8 Å². The smallest absolute Gasteiger partial charge is 0.182 e. The SMILES string of the molecule is Fc1ccccc1-n1c(=S)[nH]c2cccc(Cl)c21. The molecule has 0 saturated carbocycles. The maximum Gasteiger partial charge on any atom is 0.182 e. The summed E-state index contributed by atoms with van der Waals surface area (Å²) in [5.41, 5.74) is 1.87. The maximum absolute atomic E-state index is 13.9. The number of para-hydroxylation sites is 2. The van der Waals surface area contributed by atoms with E-state index in [9.17, 15) is 4.39 Å². The van der Waals surface area contributed by atoms with Crippen molar-refractivity contribution in [2.24, 2.45) is 0 Å². The van der Waals surface area contributed by atoms with Gasteiger partial charge < -0.3 is 4.98 Å². The Morgan fingerprint density at radius 3 is 2.67 bits per heavy atom. The first kappa shape index (κ1) is 11.4. The number of halogens is 2. The number of nitrogens with zero attached hydrogens (tertiary/aromatic N) is 1. The molecule has 0 aliphatic carbocycles. The molecule has 1 heterocycles. The van der Waals surface area contributed by atoms with Gasteiger partial charge in [0.1, 0.15) is 5.82 Å². The monoisotopic (exact) mass is 278 g/mol. The molecule has 0 spiro atoms. The average molecular weight is 279 g/mol. The number of benzene rings is 2. The summed E-state index contributed by atoms with van der Waals surface area (Å²) in [7, 11) is 0. The largest absolute Gasteiger partial charge is 0.330 e. The fourth-order valence-electron chi connectivity index (χ4n) is 1.98. The highest BCUT2D eigenvalue weighted by Crippen LogP contribution is 2.27. The molecular weight excluding hydrogens is 271 g/mol. The molecular formula is C13H8ClFN2S. The van der Waals surface area contributed by atoms with Crippen molar-refractivity contribution in [3.63, 3.8) is 0 Å². The second-order valence-corrected chi connectivity index (χ2v) is 4.65. The van der Waals surface area contributed by atoms with Crippen LogP contribution in [0.4, 0.5) is 4.39 Å². The molecule has 0 amide bonds. The van der Waals surface area contributed by atoms with E-state index in [1.54, 1.807) is 28.8 Å². The highest BCUT2D eigenvalue weighted by Gasteiger charge is 2.12. The molecule has 0 bridgehead atoms. The highest BCUT2D eigenvalue weighted by molar-refractivity contribution is 7.71. The second-order valence-electron chi connectivity index (χ2n) is 3.85. The molecule has 5 heteroatoms. The summed E-state index contributed by atoms with van der Waals surface area (Å²) >= 11 is 11.4. The van der Waals surface area contributed by atoms with Gasteiger partial charge in [0.2, 0.25) is 0 Å². The van der Waals surface area contributed by atoms with Crippen LogP contribution in [0.25, 0.3) is 16.7 Å². The van der Waals surface area contributed by atoms with E-state index in [0.717, 1.165) is 5.52 Å². The zero-order valence-corrected chi connectivity index (χ0v) is 10.7. The fourth-order valence-corrected chi connectivity index (χ4v) is 2.54. The molecule has 3 aromatic rings. The van der Waals surface area contributed by atoms with E-state index >= 15 is 0 Å². The predicted octanol–water partition coefficient (Wildman–Crippen LogP) is 4.48. The number of aromatic nitrogens is 2. The van der Waals surface area contributed by atoms with Crippen molar-refractivity contribution in [2.75, 3.05) is 0 Å². The zero-order valence-electron chi connectivity index (χ0n) is 9.15. The first-order valence-electron chi connectivity index (χ1n) is 5.32. The number of hydrogen-bond acceptors (Lipinski definition) is 1. The molecule has 0 unspecified atom stereocenters. The third-order valence-corrected chi connectivity index (χ3v) is 3.34. The van der Waals surface area contributed by atoms with Gasteiger partial charge >= 0.3 is 0 Å². The van der Waals surface area contributed by atoms with Gasteiger partial charge in [0, 0.05) is 0 Å². The van der Waals surface area contributed by atoms with Gasteiger partial charge in [-0.05, 0) is 36.5 Å². The lowest BCUT2D eigenvalue weighted by atomic mass is 10.2. The van der Waals surface area contributed by atoms with E-state index in [4.69, 9.17) is 23.8 Å². The quantitative estimate of drug-likeness (QED) is 0.651. The third kappa shape index (κ3) is 1.65. The molecule has 2 nitrogen and oxygen atoms in total. The fraction of sp³-hybridized carbons (Fsp3) is 0. The van der Waals surface area contributed by atoms with Gasteiger partial charge in [0.25, 0.3) is 0 Å². The maximum atomic E-state index is 13.9. The van der Waals surface area contributed by atoms with Gasteiger partial charge in [-0.25, -0.2) is 4.39 Å². The number of rotatable bonds is 1. The standard InChI is InChI=1S/C13H8ClFN2S/c14-8-4-3-6-10-12(8)17(13(18)16-10)11-7-2-1-5-9(11)15/h1-7H,(H,16,18). The van der Waals surface area contributed by atoms with E-state index in [2.05, 4.69) is 4.98 Å². The molecule has 3 rings (SSSR count). The average Bonchev–Trinajstić information content (AvgIpc) is 2.68. The minimum absolute atomic E-state index is 0.339. The van der Waals surface area contributed by atoms with Gasteiger partial charge in [-0.2, -0.15) is 0 Å². The zero-order chi connectivity index (χ0) is 12.7. The summed E-state index contributed by atoms with van der Waals surface area (Å²) in [4.78, 5) is 3.02. The van der Waals surface area contributed by atoms with Crippen LogP contribution in [0.2, 0.25) is 5.02 Å². The van der Waals surface area contributed by atoms with Crippen molar-refractivity contribution in [1.29, 1.82) is 0 Å². The van der Waals surface area contributed by atoms with Crippen LogP contribution in [-0.2, 0) is 0 Å². The summed E-state index contributed by atoms with van der Waals surface area (Å²) in [5.74, 6) is -0.339. The van der Waals surface area contributed by atoms with Crippen molar-refractivity contribution >= 4 is 34.9 Å². The molecule has 0 saturated heterocycles. The lowest BCUT2D eigenvalue weighted by molar-refractivity contribution is 0.619. The second kappa shape index (κ2) is 4.23. The lowest BCUT2D eigenvalue weighted by Crippen LogP contribution is -1.97. The summed E-state index contributed by atoms with van der Waals surface area (Å²) < 4.78 is 15.9. The first-order chi connectivity index (χ1) is 8.68. The highest BCUT2D eigenvalue weighted by atomic mass is 35.5. The minimum atomic E-state index is -0.339. The van der Waals surface area contributed by atoms with Gasteiger partial charge in [0.15, 0.2) is 4.77 Å². The van der Waals surface area contributed by atoms with Crippen molar-refractivity contribution < 1.29 is 4.39 Å². The van der Waals surface area contributed by atoms with Crippen molar-refractivity contribution in [2.45, 2.75) is 0 Å². The summed E-state index contributed by atoms with van der Waals surface area (Å²) in [5, 5.41) is 0.531. The first-order valence-corrected chi connectivity index (χ1v) is 6.11. The molecule has 0 atom stereocenters. The van der Waals surface area contributed by atoms with E-state index in [1.807, 2.05) is 12.1 Å². The van der Waals surface area contributed by atoms with Crippen molar-refractivity contribution in [1.82, 2.24) is 9.55 Å². The number of H-pyrrole nitrogens is 1. The molecule has 0 fully saturated rings. The Kier molecular flexibility index (Phi) is 2.69. The molecule has 90 valence electrons. The summed E-state index contributed by atoms with van der Waals surface area (Å²) in [6.45, 7) is 0. The minimum Gasteiger partial charge on any atom is -0.330 e. The molecule has 0 aliphatic rings. The van der Waals surface area contributed by atoms with Crippen molar-refractivity contribution in [3.05, 3.63) is 58.1 Å². The Morgan fingerprint density at radius 2 is 1.89 bits per heavy atom. The van der Waals surface area contributed by atoms with Crippen LogP contribution in [-0.4, -0.2) is 9.55 Å². The van der Waals surface area contributed by atoms with Crippen LogP contribution < -0.4 is 0 Å². The van der Waals surface area contributed by atoms with Gasteiger partial charge in [-0.1, -0.05) is 29.8 Å². The van der Waals surface area contributed by atoms with Gasteiger partial charge in [-0.15, -0.1) is 0 Å². The number of fused-ring (bicyclic) bond motifs is 1. The van der Waals surface area contributed by atoms with Crippen LogP contribution in [0.5, 0.6) is 0 Å². The van der Waals surface area contributed by atoms with Crippen LogP contribution in [0.1, 0.15) is 0 Å². The van der Waals surface area contributed by atoms with Gasteiger partial charge in [-0.3, -0.25) is 4.57 Å². The Labute approximate surface area is 113 Å². The Bertz CT molecular complexity index is 791. The Morgan fingerprint density at radius 1 is 1.11 bits per heavy atom. The van der Waals surface area contributed by atoms with E-state index in [1.165, 1.54) is 6.07 Å². The number of imidazole rings is 1. The van der Waals surface area contributed by atoms with E-state index in [0.29, 0.717) is 21.0 Å². The van der Waals surface area contributed by atoms with Crippen LogP contribution in [0.3, 0.4) is 0 Å². The summed E-state index contributed by atoms with van der Waals surface area (Å²) in [6.07, 6.45) is 0. The lowest BCUT2D eigenvalue weighted by Gasteiger charge is -2.06. The summed E-state index contributed by atoms with van der Waals surface area (Å²) in [6, 6.07) is 11.9. The Balaban J connectivity index is 2.47. The molecule has 0 radical (unpaired) electrons. The van der Waals surface area contributed by atoms with E-state index in [-0.39, 0.29) is 5.82 Å². The molecule has 1 N–H and O–H groups in total. The van der Waals surface area contributed by atoms with Gasteiger partial charge in [0.05, 0.1) is 21.7 Å². The normalized spacial score (nSPS) is 11.0.